The number of Topliss-reactive ketones (excluding diaryl/α,β-unsaturated/α-hetero) is 1. The third-order valence-corrected chi connectivity index (χ3v) is 5.28. The number of carboxylic acids is 1. The fourth-order valence-electron chi connectivity index (χ4n) is 2.20. The summed E-state index contributed by atoms with van der Waals surface area (Å²) in [5, 5.41) is 8.42. The number of esters is 1. The zero-order valence-electron chi connectivity index (χ0n) is 17.4. The van der Waals surface area contributed by atoms with E-state index in [2.05, 4.69) is 0 Å². The van der Waals surface area contributed by atoms with Gasteiger partial charge in [0.25, 0.3) is 0 Å². The Morgan fingerprint density at radius 1 is 0.909 bits per heavy atom. The number of carbonyl (C=O) groups is 3. The zero-order valence-corrected chi connectivity index (χ0v) is 21.7. The number of hydrogen-bond donors (Lipinski definition) is 1. The number of aromatic carboxylic acids is 1. The summed E-state index contributed by atoms with van der Waals surface area (Å²) in [7, 11) is 3.22. The highest BCUT2D eigenvalue weighted by atomic mass is 127. The molecule has 0 radical (unpaired) electrons. The van der Waals surface area contributed by atoms with E-state index >= 15 is 0 Å². The van der Waals surface area contributed by atoms with Crippen molar-refractivity contribution in [3.05, 3.63) is 77.6 Å². The van der Waals surface area contributed by atoms with Gasteiger partial charge in [-0.05, 0) is 64.2 Å². The molecule has 0 unspecified atom stereocenters. The maximum absolute atomic E-state index is 13.8. The third kappa shape index (κ3) is 8.24. The first-order chi connectivity index (χ1) is 15.3. The van der Waals surface area contributed by atoms with Crippen molar-refractivity contribution < 1.29 is 41.8 Å². The average Bonchev–Trinajstić information content (AvgIpc) is 2.71. The van der Waals surface area contributed by atoms with E-state index in [1.54, 1.807) is 66.2 Å². The summed E-state index contributed by atoms with van der Waals surface area (Å²) in [6, 6.07) is 3.20. The van der Waals surface area contributed by atoms with E-state index in [0.717, 1.165) is 12.1 Å². The van der Waals surface area contributed by atoms with Crippen molar-refractivity contribution in [2.75, 3.05) is 20.7 Å². The summed E-state index contributed by atoms with van der Waals surface area (Å²) in [6.07, 6.45) is 1.25. The van der Waals surface area contributed by atoms with Crippen LogP contribution in [0, 0.1) is 30.4 Å². The number of benzene rings is 2. The van der Waals surface area contributed by atoms with Gasteiger partial charge in [-0.15, -0.1) is 0 Å². The first-order valence-electron chi connectivity index (χ1n) is 8.92. The summed E-state index contributed by atoms with van der Waals surface area (Å²) in [5.74, 6) is -6.69. The molecule has 0 spiro atoms. The van der Waals surface area contributed by atoms with Crippen LogP contribution in [0.4, 0.5) is 17.6 Å². The lowest BCUT2D eigenvalue weighted by molar-refractivity contribution is -0.138. The third-order valence-electron chi connectivity index (χ3n) is 3.62. The van der Waals surface area contributed by atoms with E-state index in [9.17, 15) is 31.9 Å². The predicted molar refractivity (Wildman–Crippen MR) is 128 cm³/mol. The Morgan fingerprint density at radius 2 is 1.36 bits per heavy atom. The van der Waals surface area contributed by atoms with Gasteiger partial charge in [0.1, 0.15) is 28.8 Å². The van der Waals surface area contributed by atoms with Crippen molar-refractivity contribution in [3.63, 3.8) is 0 Å². The highest BCUT2D eigenvalue weighted by molar-refractivity contribution is 14.1. The Morgan fingerprint density at radius 3 is 1.79 bits per heavy atom. The normalized spacial score (nSPS) is 10.8. The topological polar surface area (TPSA) is 83.9 Å². The molecule has 0 aromatic heterocycles. The van der Waals surface area contributed by atoms with Crippen molar-refractivity contribution in [2.45, 2.75) is 6.92 Å². The summed E-state index contributed by atoms with van der Waals surface area (Å²) in [6.45, 7) is 1.68. The van der Waals surface area contributed by atoms with Crippen LogP contribution in [0.2, 0.25) is 0 Å². The van der Waals surface area contributed by atoms with Crippen molar-refractivity contribution >= 4 is 62.9 Å². The van der Waals surface area contributed by atoms with E-state index in [0.29, 0.717) is 12.1 Å². The van der Waals surface area contributed by atoms with Crippen molar-refractivity contribution in [1.82, 2.24) is 4.90 Å². The smallest absolute Gasteiger partial charge is 0.343 e. The number of carbonyl (C=O) groups excluding carboxylic acids is 2. The number of rotatable bonds is 6. The highest BCUT2D eigenvalue weighted by Crippen LogP contribution is 2.20. The van der Waals surface area contributed by atoms with Crippen LogP contribution in [0.5, 0.6) is 0 Å². The molecule has 6 nitrogen and oxygen atoms in total. The summed E-state index contributed by atoms with van der Waals surface area (Å²) < 4.78 is 57.2. The van der Waals surface area contributed by atoms with Gasteiger partial charge in [-0.25, -0.2) is 27.2 Å². The van der Waals surface area contributed by atoms with Crippen molar-refractivity contribution in [3.8, 4) is 0 Å². The first kappa shape index (κ1) is 28.8. The van der Waals surface area contributed by atoms with Crippen LogP contribution in [0.25, 0.3) is 0 Å². The monoisotopic (exact) mass is 693 g/mol. The molecule has 178 valence electrons. The number of hydrogen-bond acceptors (Lipinski definition) is 5. The number of ether oxygens (including phenoxy) is 1. The second-order valence-electron chi connectivity index (χ2n) is 6.35. The largest absolute Gasteiger partial charge is 0.478 e. The molecule has 0 saturated carbocycles. The molecule has 2 rings (SSSR count). The van der Waals surface area contributed by atoms with Gasteiger partial charge in [-0.2, -0.15) is 0 Å². The van der Waals surface area contributed by atoms with Crippen LogP contribution in [-0.2, 0) is 9.53 Å². The SMILES string of the molecule is CCOC(=O)/C(=C\N(C)C)C(=O)c1cc(I)c(F)cc1F.O=C(O)c1cc(I)c(F)cc1F. The number of ketones is 1. The fourth-order valence-corrected chi connectivity index (χ4v) is 3.13. The molecule has 0 atom stereocenters. The van der Waals surface area contributed by atoms with E-state index in [1.807, 2.05) is 0 Å². The molecule has 0 heterocycles. The molecule has 0 fully saturated rings. The Kier molecular flexibility index (Phi) is 11.2. The molecular weight excluding hydrogens is 676 g/mol. The van der Waals surface area contributed by atoms with Crippen LogP contribution in [0.15, 0.2) is 36.0 Å². The molecule has 0 aliphatic carbocycles. The summed E-state index contributed by atoms with van der Waals surface area (Å²) >= 11 is 3.24. The van der Waals surface area contributed by atoms with Crippen LogP contribution >= 0.6 is 45.2 Å². The Balaban J connectivity index is 0.000000383. The average molecular weight is 693 g/mol. The first-order valence-corrected chi connectivity index (χ1v) is 11.1. The fraction of sp³-hybridized carbons (Fsp3) is 0.190. The standard InChI is InChI=1S/C14H14F2INO3.C7H3F2IO2/c1-4-21-14(20)9(7-18(2)3)13(19)8-5-12(17)11(16)6-10(8)15;8-4-2-5(9)6(10)1-3(4)7(11)12/h5-7H,4H2,1-3H3;1-2H,(H,11,12)/b9-7-;. The second kappa shape index (κ2) is 12.9. The summed E-state index contributed by atoms with van der Waals surface area (Å²) in [4.78, 5) is 35.9. The van der Waals surface area contributed by atoms with Crippen LogP contribution in [0.3, 0.4) is 0 Å². The van der Waals surface area contributed by atoms with E-state index in [4.69, 9.17) is 9.84 Å². The van der Waals surface area contributed by atoms with Gasteiger partial charge in [0.2, 0.25) is 5.78 Å². The van der Waals surface area contributed by atoms with Gasteiger partial charge < -0.3 is 14.7 Å². The molecule has 0 saturated heterocycles. The van der Waals surface area contributed by atoms with Gasteiger partial charge >= 0.3 is 11.9 Å². The number of halogens is 6. The maximum Gasteiger partial charge on any atom is 0.343 e. The van der Waals surface area contributed by atoms with Crippen LogP contribution < -0.4 is 0 Å². The van der Waals surface area contributed by atoms with E-state index < -0.39 is 46.6 Å². The lowest BCUT2D eigenvalue weighted by Crippen LogP contribution is -2.20. The Labute approximate surface area is 213 Å². The van der Waals surface area contributed by atoms with Crippen LogP contribution in [-0.4, -0.2) is 48.4 Å². The molecule has 2 aromatic carbocycles. The molecule has 2 aromatic rings. The minimum Gasteiger partial charge on any atom is -0.478 e. The molecule has 0 aliphatic heterocycles. The predicted octanol–water partition coefficient (Wildman–Crippen LogP) is 5.03. The zero-order chi connectivity index (χ0) is 25.5. The van der Waals surface area contributed by atoms with E-state index in [1.165, 1.54) is 11.1 Å². The quantitative estimate of drug-likeness (QED) is 0.0669. The van der Waals surface area contributed by atoms with Gasteiger partial charge in [-0.3, -0.25) is 4.79 Å². The minimum atomic E-state index is -1.40. The van der Waals surface area contributed by atoms with E-state index in [-0.39, 0.29) is 24.9 Å². The van der Waals surface area contributed by atoms with Gasteiger partial charge in [0, 0.05) is 39.6 Å². The maximum atomic E-state index is 13.8. The Hall–Kier alpha value is -2.23. The minimum absolute atomic E-state index is 0.0836. The molecule has 0 bridgehead atoms. The van der Waals surface area contributed by atoms with Crippen molar-refractivity contribution in [1.29, 1.82) is 0 Å². The highest BCUT2D eigenvalue weighted by Gasteiger charge is 2.25. The number of carboxylic acid groups (broad SMARTS) is 1. The number of nitrogens with zero attached hydrogens (tertiary/aromatic N) is 1. The van der Waals surface area contributed by atoms with Crippen molar-refractivity contribution in [2.24, 2.45) is 0 Å². The lowest BCUT2D eigenvalue weighted by Gasteiger charge is -2.11. The second-order valence-corrected chi connectivity index (χ2v) is 8.68. The molecule has 33 heavy (non-hydrogen) atoms. The molecular formula is C21H17F4I2NO5. The molecule has 0 aliphatic rings. The van der Waals surface area contributed by atoms with Gasteiger partial charge in [-0.1, -0.05) is 0 Å². The van der Waals surface area contributed by atoms with Gasteiger partial charge in [0.05, 0.1) is 17.7 Å². The van der Waals surface area contributed by atoms with Crippen LogP contribution in [0.1, 0.15) is 27.6 Å². The molecule has 1 N–H and O–H groups in total. The lowest BCUT2D eigenvalue weighted by atomic mass is 10.0. The summed E-state index contributed by atoms with van der Waals surface area (Å²) in [5.41, 5.74) is -1.20. The molecule has 0 amide bonds. The molecule has 12 heteroatoms. The Bertz CT molecular complexity index is 1110. The van der Waals surface area contributed by atoms with Gasteiger partial charge in [0.15, 0.2) is 0 Å².